The number of unbranched alkanes of at least 4 members (excludes halogenated alkanes) is 1. The lowest BCUT2D eigenvalue weighted by Crippen LogP contribution is -2.26. The Labute approximate surface area is 134 Å². The van der Waals surface area contributed by atoms with Gasteiger partial charge in [0.25, 0.3) is 0 Å². The minimum Gasteiger partial charge on any atom is -0.314 e. The predicted molar refractivity (Wildman–Crippen MR) is 90.5 cm³/mol. The number of rotatable bonds is 10. The van der Waals surface area contributed by atoms with Crippen LogP contribution in [0.15, 0.2) is 24.3 Å². The molecule has 0 saturated heterocycles. The van der Waals surface area contributed by atoms with Crippen molar-refractivity contribution < 1.29 is 8.42 Å². The van der Waals surface area contributed by atoms with E-state index in [0.29, 0.717) is 11.1 Å². The zero-order valence-corrected chi connectivity index (χ0v) is 14.5. The van der Waals surface area contributed by atoms with Crippen LogP contribution in [-0.2, 0) is 15.6 Å². The van der Waals surface area contributed by atoms with Gasteiger partial charge in [-0.1, -0.05) is 37.1 Å². The van der Waals surface area contributed by atoms with Gasteiger partial charge in [0.1, 0.15) is 0 Å². The Balaban J connectivity index is 2.28. The maximum Gasteiger partial charge on any atom is 0.154 e. The van der Waals surface area contributed by atoms with Gasteiger partial charge in [-0.25, -0.2) is 8.42 Å². The molecule has 1 rings (SSSR count). The maximum atomic E-state index is 12.1. The van der Waals surface area contributed by atoms with E-state index >= 15 is 0 Å². The molecule has 21 heavy (non-hydrogen) atoms. The molecular weight excluding hydrogens is 306 g/mol. The number of benzene rings is 1. The van der Waals surface area contributed by atoms with E-state index in [0.717, 1.165) is 37.8 Å². The van der Waals surface area contributed by atoms with Gasteiger partial charge in [-0.2, -0.15) is 0 Å². The molecule has 0 aliphatic heterocycles. The quantitative estimate of drug-likeness (QED) is 0.663. The van der Waals surface area contributed by atoms with Gasteiger partial charge in [0.2, 0.25) is 0 Å². The van der Waals surface area contributed by atoms with E-state index in [9.17, 15) is 8.42 Å². The lowest BCUT2D eigenvalue weighted by Gasteiger charge is -2.12. The fourth-order valence-corrected chi connectivity index (χ4v) is 3.79. The highest BCUT2D eigenvalue weighted by molar-refractivity contribution is 7.90. The second-order valence-electron chi connectivity index (χ2n) is 5.57. The summed E-state index contributed by atoms with van der Waals surface area (Å²) in [6.45, 7) is 5.32. The van der Waals surface area contributed by atoms with Crippen molar-refractivity contribution in [2.45, 2.75) is 51.3 Å². The summed E-state index contributed by atoms with van der Waals surface area (Å²) < 4.78 is 24.1. The first-order valence-corrected chi connectivity index (χ1v) is 9.81. The normalized spacial score (nSPS) is 13.3. The molecule has 0 amide bonds. The van der Waals surface area contributed by atoms with Gasteiger partial charge in [-0.3, -0.25) is 0 Å². The lowest BCUT2D eigenvalue weighted by molar-refractivity contribution is 0.494. The summed E-state index contributed by atoms with van der Waals surface area (Å²) in [5, 5.41) is 4.04. The largest absolute Gasteiger partial charge is 0.314 e. The van der Waals surface area contributed by atoms with Gasteiger partial charge in [0.15, 0.2) is 9.84 Å². The molecule has 1 unspecified atom stereocenters. The third-order valence-corrected chi connectivity index (χ3v) is 5.32. The Kier molecular flexibility index (Phi) is 8.30. The van der Waals surface area contributed by atoms with E-state index in [1.165, 1.54) is 0 Å². The summed E-state index contributed by atoms with van der Waals surface area (Å²) in [6, 6.07) is 7.47. The van der Waals surface area contributed by atoms with Crippen molar-refractivity contribution in [1.29, 1.82) is 0 Å². The Morgan fingerprint density at radius 2 is 1.86 bits per heavy atom. The van der Waals surface area contributed by atoms with Crippen LogP contribution in [0.25, 0.3) is 0 Å². The van der Waals surface area contributed by atoms with E-state index in [2.05, 4.69) is 19.2 Å². The molecule has 0 aromatic heterocycles. The molecule has 0 spiro atoms. The van der Waals surface area contributed by atoms with Crippen LogP contribution >= 0.6 is 11.6 Å². The number of nitrogens with one attached hydrogen (secondary N) is 1. The number of halogens is 1. The zero-order valence-electron chi connectivity index (χ0n) is 12.9. The monoisotopic (exact) mass is 331 g/mol. The molecule has 1 aromatic carbocycles. The summed E-state index contributed by atoms with van der Waals surface area (Å²) >= 11 is 5.80. The Hall–Kier alpha value is -0.580. The topological polar surface area (TPSA) is 46.2 Å². The average Bonchev–Trinajstić information content (AvgIpc) is 2.43. The van der Waals surface area contributed by atoms with Crippen molar-refractivity contribution in [1.82, 2.24) is 5.32 Å². The minimum absolute atomic E-state index is 0.105. The minimum atomic E-state index is -3.03. The first kappa shape index (κ1) is 18.5. The van der Waals surface area contributed by atoms with Crippen molar-refractivity contribution in [3.63, 3.8) is 0 Å². The van der Waals surface area contributed by atoms with E-state index in [4.69, 9.17) is 11.6 Å². The van der Waals surface area contributed by atoms with Gasteiger partial charge in [-0.05, 0) is 50.4 Å². The second-order valence-corrected chi connectivity index (χ2v) is 8.19. The maximum absolute atomic E-state index is 12.1. The van der Waals surface area contributed by atoms with Crippen molar-refractivity contribution in [2.24, 2.45) is 0 Å². The van der Waals surface area contributed by atoms with Crippen LogP contribution in [-0.4, -0.2) is 26.8 Å². The Morgan fingerprint density at radius 1 is 1.19 bits per heavy atom. The number of sulfone groups is 1. The van der Waals surface area contributed by atoms with E-state index in [-0.39, 0.29) is 11.5 Å². The van der Waals surface area contributed by atoms with Gasteiger partial charge < -0.3 is 5.32 Å². The zero-order chi connectivity index (χ0) is 15.7. The molecule has 5 heteroatoms. The Bertz CT molecular complexity index is 500. The van der Waals surface area contributed by atoms with Gasteiger partial charge in [-0.15, -0.1) is 0 Å². The average molecular weight is 332 g/mol. The molecule has 1 aromatic rings. The molecule has 0 heterocycles. The summed E-state index contributed by atoms with van der Waals surface area (Å²) in [5.41, 5.74) is 0.803. The highest BCUT2D eigenvalue weighted by Crippen LogP contribution is 2.13. The molecule has 3 nitrogen and oxygen atoms in total. The molecule has 0 radical (unpaired) electrons. The summed E-state index contributed by atoms with van der Waals surface area (Å²) in [5.74, 6) is 0.365. The first-order chi connectivity index (χ1) is 9.93. The van der Waals surface area contributed by atoms with Crippen molar-refractivity contribution in [3.05, 3.63) is 34.9 Å². The van der Waals surface area contributed by atoms with Crippen LogP contribution in [0.1, 0.15) is 45.1 Å². The highest BCUT2D eigenvalue weighted by atomic mass is 35.5. The molecule has 0 saturated carbocycles. The van der Waals surface area contributed by atoms with Crippen LogP contribution in [0.2, 0.25) is 5.02 Å². The van der Waals surface area contributed by atoms with E-state index in [1.807, 2.05) is 0 Å². The van der Waals surface area contributed by atoms with Crippen LogP contribution in [0.5, 0.6) is 0 Å². The molecule has 0 fully saturated rings. The highest BCUT2D eigenvalue weighted by Gasteiger charge is 2.12. The standard InChI is InChI=1S/C16H26ClNO2S/c1-3-11-18-14(2)6-4-5-12-21(19,20)13-15-7-9-16(17)10-8-15/h7-10,14,18H,3-6,11-13H2,1-2H3. The molecule has 0 aliphatic carbocycles. The SMILES string of the molecule is CCCNC(C)CCCCS(=O)(=O)Cc1ccc(Cl)cc1. The predicted octanol–water partition coefficient (Wildman–Crippen LogP) is 3.81. The number of hydrogen-bond donors (Lipinski definition) is 1. The van der Waals surface area contributed by atoms with Crippen LogP contribution in [0.3, 0.4) is 0 Å². The number of hydrogen-bond acceptors (Lipinski definition) is 3. The van der Waals surface area contributed by atoms with E-state index < -0.39 is 9.84 Å². The van der Waals surface area contributed by atoms with Crippen molar-refractivity contribution in [3.8, 4) is 0 Å². The summed E-state index contributed by atoms with van der Waals surface area (Å²) in [7, 11) is -3.03. The van der Waals surface area contributed by atoms with Crippen molar-refractivity contribution >= 4 is 21.4 Å². The molecule has 120 valence electrons. The molecule has 0 bridgehead atoms. The van der Waals surface area contributed by atoms with Gasteiger partial charge >= 0.3 is 0 Å². The third kappa shape index (κ3) is 8.44. The molecular formula is C16H26ClNO2S. The lowest BCUT2D eigenvalue weighted by atomic mass is 10.1. The van der Waals surface area contributed by atoms with Crippen LogP contribution in [0, 0.1) is 0 Å². The summed E-state index contributed by atoms with van der Waals surface area (Å²) in [4.78, 5) is 0. The fraction of sp³-hybridized carbons (Fsp3) is 0.625. The first-order valence-electron chi connectivity index (χ1n) is 7.61. The van der Waals surface area contributed by atoms with Crippen LogP contribution < -0.4 is 5.32 Å². The fourth-order valence-electron chi connectivity index (χ4n) is 2.17. The smallest absolute Gasteiger partial charge is 0.154 e. The third-order valence-electron chi connectivity index (χ3n) is 3.39. The van der Waals surface area contributed by atoms with Gasteiger partial charge in [0.05, 0.1) is 11.5 Å². The molecule has 1 atom stereocenters. The van der Waals surface area contributed by atoms with E-state index in [1.54, 1.807) is 24.3 Å². The molecule has 0 aliphatic rings. The van der Waals surface area contributed by atoms with Gasteiger partial charge in [0, 0.05) is 11.1 Å². The second kappa shape index (κ2) is 9.44. The van der Waals surface area contributed by atoms with Crippen LogP contribution in [0.4, 0.5) is 0 Å². The Morgan fingerprint density at radius 3 is 2.48 bits per heavy atom. The summed E-state index contributed by atoms with van der Waals surface area (Å²) in [6.07, 6.45) is 3.82. The van der Waals surface area contributed by atoms with Crippen molar-refractivity contribution in [2.75, 3.05) is 12.3 Å². The molecule has 1 N–H and O–H groups in total.